The van der Waals surface area contributed by atoms with Crippen LogP contribution in [0.3, 0.4) is 0 Å². The molecule has 0 radical (unpaired) electrons. The number of carbonyl (C=O) groups excluding carboxylic acids is 5. The quantitative estimate of drug-likeness (QED) is 0.244. The first kappa shape index (κ1) is 50.0. The molecule has 3 aliphatic heterocycles. The highest BCUT2D eigenvalue weighted by molar-refractivity contribution is 7.92. The number of benzene rings is 1. The molecule has 6 aliphatic rings. The number of fused-ring (bicyclic) bond motifs is 5. The van der Waals surface area contributed by atoms with Gasteiger partial charge in [-0.2, -0.15) is 13.2 Å². The highest BCUT2D eigenvalue weighted by atomic mass is 32.2. The number of halogens is 3. The summed E-state index contributed by atoms with van der Waals surface area (Å²) in [4.78, 5) is 76.1. The Bertz CT molecular complexity index is 2740. The summed E-state index contributed by atoms with van der Waals surface area (Å²) in [6.07, 6.45) is -3.96. The number of methoxy groups -OCH3 is 1. The molecule has 3 aliphatic carbocycles. The van der Waals surface area contributed by atoms with E-state index in [1.54, 1.807) is 26.8 Å². The molecule has 5 amide bonds. The minimum atomic E-state index is -5.22. The van der Waals surface area contributed by atoms with Crippen LogP contribution in [-0.4, -0.2) is 109 Å². The number of hydrogen-bond acceptors (Lipinski definition) is 14. The highest BCUT2D eigenvalue weighted by Crippen LogP contribution is 2.54. The normalized spacial score (nSPS) is 29.0. The fraction of sp³-hybridized carbons (Fsp3) is 0.644. The number of allylic oxidation sites excluding steroid dienone is 1. The Morgan fingerprint density at radius 2 is 1.58 bits per heavy atom. The van der Waals surface area contributed by atoms with E-state index in [1.807, 2.05) is 10.8 Å². The number of rotatable bonds is 8. The third-order valence-corrected chi connectivity index (χ3v) is 18.3. The van der Waals surface area contributed by atoms with Crippen molar-refractivity contribution in [2.45, 2.75) is 162 Å². The van der Waals surface area contributed by atoms with Gasteiger partial charge in [-0.3, -0.25) is 19.1 Å². The fourth-order valence-corrected chi connectivity index (χ4v) is 11.7. The molecule has 4 N–H and O–H groups in total. The Morgan fingerprint density at radius 3 is 2.20 bits per heavy atom. The fourth-order valence-electron chi connectivity index (χ4n) is 9.28. The summed E-state index contributed by atoms with van der Waals surface area (Å²) in [5.74, 6) is -4.33. The predicted octanol–water partition coefficient (Wildman–Crippen LogP) is 5.32. The van der Waals surface area contributed by atoms with Crippen molar-refractivity contribution in [3.63, 3.8) is 0 Å². The van der Waals surface area contributed by atoms with Gasteiger partial charge in [0.1, 0.15) is 40.7 Å². The first-order valence-electron chi connectivity index (χ1n) is 22.9. The summed E-state index contributed by atoms with van der Waals surface area (Å²) in [6, 6.07) is 0.914. The van der Waals surface area contributed by atoms with Crippen molar-refractivity contribution in [3.8, 4) is 11.5 Å². The number of nitrogens with one attached hydrogen (secondary N) is 4. The Balaban J connectivity index is 1.23. The molecule has 1 aromatic heterocycles. The van der Waals surface area contributed by atoms with Crippen molar-refractivity contribution in [1.82, 2.24) is 30.0 Å². The molecule has 2 aromatic rings. The van der Waals surface area contributed by atoms with Gasteiger partial charge in [-0.25, -0.2) is 36.1 Å². The molecule has 8 rings (SSSR count). The Kier molecular flexibility index (Phi) is 12.5. The van der Waals surface area contributed by atoms with E-state index >= 15 is 18.0 Å². The summed E-state index contributed by atoms with van der Waals surface area (Å²) in [6.45, 7) is 7.05. The number of alkyl halides is 3. The molecular formula is C45H57F3N6O13S2. The topological polar surface area (TPSA) is 255 Å². The molecule has 3 saturated carbocycles. The monoisotopic (exact) mass is 1010 g/mol. The number of hydrogen-bond donors (Lipinski definition) is 4. The van der Waals surface area contributed by atoms with E-state index in [4.69, 9.17) is 18.9 Å². The first-order valence-corrected chi connectivity index (χ1v) is 25.9. The van der Waals surface area contributed by atoms with Crippen LogP contribution in [0.2, 0.25) is 0 Å². The van der Waals surface area contributed by atoms with Gasteiger partial charge >= 0.3 is 18.4 Å². The van der Waals surface area contributed by atoms with E-state index in [9.17, 15) is 36.0 Å². The van der Waals surface area contributed by atoms with Crippen LogP contribution in [-0.2, 0) is 50.1 Å². The van der Waals surface area contributed by atoms with Gasteiger partial charge < -0.3 is 34.5 Å². The van der Waals surface area contributed by atoms with Crippen LogP contribution >= 0.6 is 0 Å². The van der Waals surface area contributed by atoms with Crippen LogP contribution in [0.15, 0.2) is 30.4 Å². The second-order valence-corrected chi connectivity index (χ2v) is 25.0. The number of aromatic nitrogens is 1. The van der Waals surface area contributed by atoms with Gasteiger partial charge in [-0.1, -0.05) is 25.0 Å². The Labute approximate surface area is 397 Å². The van der Waals surface area contributed by atoms with Gasteiger partial charge in [0.25, 0.3) is 5.91 Å². The summed E-state index contributed by atoms with van der Waals surface area (Å²) < 4.78 is 124. The standard InChI is InChI=1S/C45H57F3N6O13S2/c1-40(2,3)67-38(58)50-29-13-11-9-7-8-10-12-25-21-44(25,37(57)52-68(60,61)41(4)16-17-41)51-35(55)30-22-43(24-54(30)36(29)56)23-31(65-39(59)53-69(62,63)42(5)18-19-42)32-27-20-26(64-6)14-15-28(27)49-34(33(32)66-43)45(46,47)48/h10,12,14-15,20,25,29-31H,7-9,11,13,16-19,21-24H2,1-6H3,(H,50,58)(H,51,55)(H,52,57)(H,53,59)/b12-10-/t25-,29-,30-,31-,43-,44+/m0/s1. The van der Waals surface area contributed by atoms with Gasteiger partial charge in [0.15, 0.2) is 11.4 Å². The van der Waals surface area contributed by atoms with Crippen molar-refractivity contribution >= 4 is 60.9 Å². The van der Waals surface area contributed by atoms with Crippen molar-refractivity contribution in [2.24, 2.45) is 5.92 Å². The van der Waals surface area contributed by atoms with Gasteiger partial charge in [-0.15, -0.1) is 0 Å². The summed E-state index contributed by atoms with van der Waals surface area (Å²) >= 11 is 0. The van der Waals surface area contributed by atoms with E-state index < -0.39 is 137 Å². The third-order valence-electron chi connectivity index (χ3n) is 14.0. The first-order chi connectivity index (χ1) is 32.0. The molecule has 19 nitrogen and oxygen atoms in total. The molecule has 0 unspecified atom stereocenters. The lowest BCUT2D eigenvalue weighted by Gasteiger charge is -2.40. The van der Waals surface area contributed by atoms with E-state index in [1.165, 1.54) is 39.2 Å². The summed E-state index contributed by atoms with van der Waals surface area (Å²) in [5, 5.41) is 5.30. The lowest BCUT2D eigenvalue weighted by molar-refractivity contribution is -0.145. The summed E-state index contributed by atoms with van der Waals surface area (Å²) in [7, 11) is -7.23. The minimum absolute atomic E-state index is 0.0129. The van der Waals surface area contributed by atoms with Crippen LogP contribution in [0.4, 0.5) is 22.8 Å². The molecule has 1 saturated heterocycles. The minimum Gasteiger partial charge on any atom is -0.497 e. The predicted molar refractivity (Wildman–Crippen MR) is 239 cm³/mol. The molecule has 69 heavy (non-hydrogen) atoms. The smallest absolute Gasteiger partial charge is 0.437 e. The lowest BCUT2D eigenvalue weighted by atomic mass is 9.84. The maximum atomic E-state index is 15.3. The average Bonchev–Trinajstić information content (AvgIpc) is 4.20. The number of amides is 5. The number of alkyl carbamates (subject to hydrolysis) is 1. The number of pyridine rings is 1. The van der Waals surface area contributed by atoms with Gasteiger partial charge in [0.05, 0.1) is 28.7 Å². The molecule has 0 bridgehead atoms. The maximum Gasteiger partial charge on any atom is 0.437 e. The third kappa shape index (κ3) is 9.88. The second-order valence-electron chi connectivity index (χ2n) is 20.6. The Morgan fingerprint density at radius 1 is 0.913 bits per heavy atom. The zero-order valence-electron chi connectivity index (χ0n) is 39.0. The molecular weight excluding hydrogens is 954 g/mol. The van der Waals surface area contributed by atoms with Crippen LogP contribution < -0.4 is 29.6 Å². The SMILES string of the molecule is COc1ccc2nc(C(F)(F)F)c3c(c2c1)[C@@H](OC(=O)NS(=O)(=O)C1(C)CC1)C[C@]1(C[C@H]2C(=O)N[C@]4(C(=O)NS(=O)(=O)C5(C)CC5)C[C@@H]4/C=C\CCCCC[C@H](NC(=O)OC(C)(C)C)C(=O)N2C1)O3. The van der Waals surface area contributed by atoms with E-state index in [0.717, 1.165) is 4.90 Å². The number of ether oxygens (including phenoxy) is 4. The Hall–Kier alpha value is -5.39. The van der Waals surface area contributed by atoms with Gasteiger partial charge in [0.2, 0.25) is 31.9 Å². The van der Waals surface area contributed by atoms with E-state index in [-0.39, 0.29) is 47.9 Å². The molecule has 1 spiro atoms. The van der Waals surface area contributed by atoms with E-state index in [0.29, 0.717) is 38.5 Å². The van der Waals surface area contributed by atoms with E-state index in [2.05, 4.69) is 20.3 Å². The van der Waals surface area contributed by atoms with Crippen molar-refractivity contribution in [2.75, 3.05) is 13.7 Å². The number of sulfonamides is 2. The number of carbonyl (C=O) groups is 5. The van der Waals surface area contributed by atoms with Crippen LogP contribution in [0.25, 0.3) is 10.9 Å². The lowest BCUT2D eigenvalue weighted by Crippen LogP contribution is -2.58. The van der Waals surface area contributed by atoms with Crippen molar-refractivity contribution in [1.29, 1.82) is 0 Å². The zero-order valence-corrected chi connectivity index (χ0v) is 40.7. The van der Waals surface area contributed by atoms with Gasteiger partial charge in [-0.05, 0) is 104 Å². The van der Waals surface area contributed by atoms with Crippen molar-refractivity contribution in [3.05, 3.63) is 41.6 Å². The zero-order chi connectivity index (χ0) is 50.3. The highest BCUT2D eigenvalue weighted by Gasteiger charge is 2.64. The molecule has 24 heteroatoms. The second kappa shape index (κ2) is 17.2. The average molecular weight is 1010 g/mol. The molecule has 4 fully saturated rings. The molecule has 4 heterocycles. The molecule has 378 valence electrons. The molecule has 1 aromatic carbocycles. The van der Waals surface area contributed by atoms with Crippen molar-refractivity contribution < 1.29 is 72.9 Å². The van der Waals surface area contributed by atoms with Crippen LogP contribution in [0, 0.1) is 5.92 Å². The largest absolute Gasteiger partial charge is 0.497 e. The van der Waals surface area contributed by atoms with Gasteiger partial charge in [0, 0.05) is 29.7 Å². The summed E-state index contributed by atoms with van der Waals surface area (Å²) in [5.41, 5.74) is -7.00. The number of nitrogens with zero attached hydrogens (tertiary/aromatic N) is 2. The van der Waals surface area contributed by atoms with Crippen LogP contribution in [0.1, 0.15) is 129 Å². The molecule has 6 atom stereocenters. The van der Waals surface area contributed by atoms with Crippen LogP contribution in [0.5, 0.6) is 11.5 Å². The maximum absolute atomic E-state index is 15.3.